The fraction of sp³-hybridized carbons (Fsp3) is 0.389. The van der Waals surface area contributed by atoms with Crippen LogP contribution in [0.4, 0.5) is 24.9 Å². The number of nitrogens with zero attached hydrogens (tertiary/aromatic N) is 4. The number of rotatable bonds is 1. The number of carboxylic acids is 1. The minimum absolute atomic E-state index is 0.270. The Kier molecular flexibility index (Phi) is 4.89. The average molecular weight is 444 g/mol. The molecule has 2 atom stereocenters. The number of aliphatic carboxylic acids is 1. The summed E-state index contributed by atoms with van der Waals surface area (Å²) in [5.41, 5.74) is 8.17. The van der Waals surface area contributed by atoms with Gasteiger partial charge in [-0.15, -0.1) is 0 Å². The third kappa shape index (κ3) is 3.58. The number of furan rings is 1. The Balaban J connectivity index is 0.000000272. The Morgan fingerprint density at radius 3 is 2.57 bits per heavy atom. The molecule has 2 saturated heterocycles. The van der Waals surface area contributed by atoms with Gasteiger partial charge in [0.05, 0.1) is 0 Å². The number of hydrogen-bond acceptors (Lipinski definition) is 7. The number of carbonyl (C=O) groups is 1. The lowest BCUT2D eigenvalue weighted by Crippen LogP contribution is -2.45. The minimum atomic E-state index is -5.08. The molecule has 2 aliphatic heterocycles. The number of likely N-dealkylation sites (N-methyl/N-ethyl adjacent to an activating group) is 1. The van der Waals surface area contributed by atoms with Crippen LogP contribution in [0, 0.1) is 0 Å². The van der Waals surface area contributed by atoms with Crippen LogP contribution in [0.3, 0.4) is 0 Å². The molecule has 0 spiro atoms. The Hall–Kier alpha value is -2.79. The molecule has 0 unspecified atom stereocenters. The predicted octanol–water partition coefficient (Wildman–Crippen LogP) is 3.14. The van der Waals surface area contributed by atoms with Crippen LogP contribution >= 0.6 is 11.6 Å². The van der Waals surface area contributed by atoms with Gasteiger partial charge in [0, 0.05) is 35.6 Å². The molecule has 1 aromatic carbocycles. The number of aromatic nitrogens is 2. The Morgan fingerprint density at radius 1 is 1.30 bits per heavy atom. The quantitative estimate of drug-likeness (QED) is 0.590. The van der Waals surface area contributed by atoms with Gasteiger partial charge in [-0.3, -0.25) is 4.90 Å². The van der Waals surface area contributed by atoms with Gasteiger partial charge < -0.3 is 20.2 Å². The summed E-state index contributed by atoms with van der Waals surface area (Å²) < 4.78 is 37.8. The van der Waals surface area contributed by atoms with Crippen LogP contribution in [0.15, 0.2) is 22.6 Å². The molecule has 0 aliphatic carbocycles. The number of alkyl halides is 3. The number of nitrogens with two attached hydrogens (primary N) is 1. The van der Waals surface area contributed by atoms with Gasteiger partial charge in [0.1, 0.15) is 11.1 Å². The van der Waals surface area contributed by atoms with Crippen molar-refractivity contribution in [2.24, 2.45) is 0 Å². The van der Waals surface area contributed by atoms with Crippen LogP contribution in [0.25, 0.3) is 22.1 Å². The highest BCUT2D eigenvalue weighted by molar-refractivity contribution is 6.31. The molecule has 0 amide bonds. The first-order chi connectivity index (χ1) is 14.0. The third-order valence-electron chi connectivity index (χ3n) is 5.30. The molecule has 12 heteroatoms. The Bertz CT molecular complexity index is 1130. The van der Waals surface area contributed by atoms with Gasteiger partial charge in [-0.05, 0) is 31.7 Å². The van der Waals surface area contributed by atoms with E-state index in [-0.39, 0.29) is 5.95 Å². The SMILES string of the molecule is CN1C[C@@H]2C[C@H]1CN2c1nc(N)nc2c1oc1ccc(Cl)cc12.O=C(O)C(F)(F)F. The summed E-state index contributed by atoms with van der Waals surface area (Å²) in [6.07, 6.45) is -3.92. The van der Waals surface area contributed by atoms with Crippen molar-refractivity contribution in [3.8, 4) is 0 Å². The number of carboxylic acid groups (broad SMARTS) is 1. The average Bonchev–Trinajstić information content (AvgIpc) is 3.32. The van der Waals surface area contributed by atoms with E-state index in [4.69, 9.17) is 31.7 Å². The van der Waals surface area contributed by atoms with Gasteiger partial charge in [0.15, 0.2) is 11.4 Å². The molecule has 3 aromatic rings. The summed E-state index contributed by atoms with van der Waals surface area (Å²) in [6.45, 7) is 1.99. The Labute approximate surface area is 173 Å². The first kappa shape index (κ1) is 20.5. The summed E-state index contributed by atoms with van der Waals surface area (Å²) in [5.74, 6) is -1.68. The molecular weight excluding hydrogens is 427 g/mol. The minimum Gasteiger partial charge on any atom is -0.475 e. The van der Waals surface area contributed by atoms with Crippen molar-refractivity contribution in [2.45, 2.75) is 24.7 Å². The van der Waals surface area contributed by atoms with E-state index < -0.39 is 12.1 Å². The lowest BCUT2D eigenvalue weighted by atomic mass is 10.2. The molecule has 2 aromatic heterocycles. The first-order valence-corrected chi connectivity index (χ1v) is 9.34. The smallest absolute Gasteiger partial charge is 0.475 e. The summed E-state index contributed by atoms with van der Waals surface area (Å²) >= 11 is 6.12. The van der Waals surface area contributed by atoms with Crippen LogP contribution < -0.4 is 10.6 Å². The second kappa shape index (κ2) is 7.17. The number of fused-ring (bicyclic) bond motifs is 5. The maximum atomic E-state index is 10.6. The molecule has 0 radical (unpaired) electrons. The van der Waals surface area contributed by atoms with Gasteiger partial charge in [0.2, 0.25) is 5.95 Å². The van der Waals surface area contributed by atoms with Crippen molar-refractivity contribution in [3.05, 3.63) is 23.2 Å². The summed E-state index contributed by atoms with van der Waals surface area (Å²) in [5, 5.41) is 8.66. The molecule has 0 saturated carbocycles. The second-order valence-corrected chi connectivity index (χ2v) is 7.70. The van der Waals surface area contributed by atoms with Gasteiger partial charge >= 0.3 is 12.1 Å². The van der Waals surface area contributed by atoms with Crippen molar-refractivity contribution in [1.82, 2.24) is 14.9 Å². The zero-order valence-electron chi connectivity index (χ0n) is 15.6. The van der Waals surface area contributed by atoms with E-state index in [1.54, 1.807) is 0 Å². The normalized spacial score (nSPS) is 21.3. The monoisotopic (exact) mass is 443 g/mol. The van der Waals surface area contributed by atoms with Crippen molar-refractivity contribution in [3.63, 3.8) is 0 Å². The maximum Gasteiger partial charge on any atom is 0.490 e. The summed E-state index contributed by atoms with van der Waals surface area (Å²) in [4.78, 5) is 22.5. The van der Waals surface area contributed by atoms with E-state index in [9.17, 15) is 13.2 Å². The molecule has 8 nitrogen and oxygen atoms in total. The third-order valence-corrected chi connectivity index (χ3v) is 5.54. The molecule has 160 valence electrons. The van der Waals surface area contributed by atoms with Crippen molar-refractivity contribution in [1.29, 1.82) is 0 Å². The van der Waals surface area contributed by atoms with E-state index in [1.807, 2.05) is 18.2 Å². The van der Waals surface area contributed by atoms with Crippen LogP contribution in [0.5, 0.6) is 0 Å². The fourth-order valence-electron chi connectivity index (χ4n) is 3.94. The van der Waals surface area contributed by atoms with Gasteiger partial charge in [-0.2, -0.15) is 18.2 Å². The second-order valence-electron chi connectivity index (χ2n) is 7.26. The molecule has 2 aliphatic rings. The largest absolute Gasteiger partial charge is 0.490 e. The number of nitrogen functional groups attached to an aromatic ring is 1. The number of benzene rings is 1. The molecule has 4 heterocycles. The number of piperazine rings is 1. The van der Waals surface area contributed by atoms with E-state index in [2.05, 4.69) is 26.8 Å². The van der Waals surface area contributed by atoms with E-state index >= 15 is 0 Å². The summed E-state index contributed by atoms with van der Waals surface area (Å²) in [7, 11) is 2.18. The van der Waals surface area contributed by atoms with Gasteiger partial charge in [-0.25, -0.2) is 9.78 Å². The maximum absolute atomic E-state index is 10.6. The molecule has 5 rings (SSSR count). The zero-order valence-corrected chi connectivity index (χ0v) is 16.4. The van der Waals surface area contributed by atoms with Crippen LogP contribution in [0.1, 0.15) is 6.42 Å². The highest BCUT2D eigenvalue weighted by Crippen LogP contribution is 2.39. The van der Waals surface area contributed by atoms with E-state index in [0.29, 0.717) is 22.7 Å². The van der Waals surface area contributed by atoms with Crippen LogP contribution in [0.2, 0.25) is 5.02 Å². The molecule has 3 N–H and O–H groups in total. The highest BCUT2D eigenvalue weighted by Gasteiger charge is 2.43. The Morgan fingerprint density at radius 2 is 2.00 bits per heavy atom. The van der Waals surface area contributed by atoms with Crippen molar-refractivity contribution >= 4 is 51.4 Å². The topological polar surface area (TPSA) is 109 Å². The van der Waals surface area contributed by atoms with E-state index in [1.165, 1.54) is 0 Å². The zero-order chi connectivity index (χ0) is 21.8. The lowest BCUT2D eigenvalue weighted by Gasteiger charge is -2.32. The van der Waals surface area contributed by atoms with Crippen LogP contribution in [-0.2, 0) is 4.79 Å². The molecular formula is C18H17ClF3N5O3. The molecule has 30 heavy (non-hydrogen) atoms. The van der Waals surface area contributed by atoms with Crippen LogP contribution in [-0.4, -0.2) is 64.3 Å². The number of anilines is 2. The fourth-order valence-corrected chi connectivity index (χ4v) is 4.11. The number of hydrogen-bond donors (Lipinski definition) is 2. The standard InChI is InChI=1S/C16H16ClN5O.C2HF3O2/c1-21-6-10-5-9(21)7-22(10)15-14-13(19-16(18)20-15)11-4-8(17)2-3-12(11)23-14;3-2(4,5)1(6)7/h2-4,9-10H,5-7H2,1H3,(H2,18,19,20);(H,6,7)/t9-,10-;/m0./s1. The number of halogens is 4. The van der Waals surface area contributed by atoms with Crippen molar-refractivity contribution in [2.75, 3.05) is 30.8 Å². The van der Waals surface area contributed by atoms with E-state index in [0.717, 1.165) is 41.8 Å². The summed E-state index contributed by atoms with van der Waals surface area (Å²) in [6, 6.07) is 6.58. The number of likely N-dealkylation sites (tertiary alicyclic amines) is 1. The molecule has 2 fully saturated rings. The van der Waals surface area contributed by atoms with Gasteiger partial charge in [0.25, 0.3) is 0 Å². The van der Waals surface area contributed by atoms with Gasteiger partial charge in [-0.1, -0.05) is 11.6 Å². The first-order valence-electron chi connectivity index (χ1n) is 8.97. The molecule has 2 bridgehead atoms. The highest BCUT2D eigenvalue weighted by atomic mass is 35.5. The lowest BCUT2D eigenvalue weighted by molar-refractivity contribution is -0.192. The van der Waals surface area contributed by atoms with Crippen molar-refractivity contribution < 1.29 is 27.5 Å². The predicted molar refractivity (Wildman–Crippen MR) is 105 cm³/mol.